The molecule has 2 nitrogen and oxygen atoms in total. The van der Waals surface area contributed by atoms with E-state index in [0.29, 0.717) is 5.90 Å². The molecule has 0 spiro atoms. The third-order valence-corrected chi connectivity index (χ3v) is 1.38. The summed E-state index contributed by atoms with van der Waals surface area (Å²) >= 11 is 0. The third kappa shape index (κ3) is 5.69. The summed E-state index contributed by atoms with van der Waals surface area (Å²) in [6, 6.07) is 0. The van der Waals surface area contributed by atoms with Gasteiger partial charge in [-0.3, -0.25) is 5.41 Å². The molecular weight excluding hydrogens is 118 g/mol. The van der Waals surface area contributed by atoms with E-state index in [1.54, 1.807) is 6.92 Å². The molecule has 0 aromatic heterocycles. The van der Waals surface area contributed by atoms with Gasteiger partial charge in [0, 0.05) is 6.92 Å². The van der Waals surface area contributed by atoms with Crippen molar-refractivity contribution in [3.05, 3.63) is 0 Å². The van der Waals surface area contributed by atoms with Crippen molar-refractivity contribution in [1.82, 2.24) is 0 Å². The van der Waals surface area contributed by atoms with E-state index < -0.39 is 8.32 Å². The largest absolute Gasteiger partial charge is 0.535 e. The molecule has 0 saturated heterocycles. The van der Waals surface area contributed by atoms with Crippen molar-refractivity contribution in [3.63, 3.8) is 0 Å². The number of rotatable bonds is 1. The highest BCUT2D eigenvalue weighted by molar-refractivity contribution is 6.71. The fourth-order valence-electron chi connectivity index (χ4n) is 0.459. The third-order valence-electron chi connectivity index (χ3n) is 0.459. The van der Waals surface area contributed by atoms with Gasteiger partial charge < -0.3 is 4.43 Å². The number of nitrogens with one attached hydrogen (secondary N) is 1. The quantitative estimate of drug-likeness (QED) is 0.329. The van der Waals surface area contributed by atoms with Gasteiger partial charge >= 0.3 is 0 Å². The minimum atomic E-state index is -1.44. The first-order valence-electron chi connectivity index (χ1n) is 2.66. The second-order valence-corrected chi connectivity index (χ2v) is 7.20. The van der Waals surface area contributed by atoms with Crippen LogP contribution in [0.3, 0.4) is 0 Å². The van der Waals surface area contributed by atoms with Crippen molar-refractivity contribution in [2.24, 2.45) is 0 Å². The molecule has 8 heavy (non-hydrogen) atoms. The van der Waals surface area contributed by atoms with Crippen LogP contribution in [-0.4, -0.2) is 14.2 Å². The highest BCUT2D eigenvalue weighted by Gasteiger charge is 2.15. The molecular formula is C5H13NOSi. The Morgan fingerprint density at radius 3 is 1.75 bits per heavy atom. The van der Waals surface area contributed by atoms with Crippen molar-refractivity contribution < 1.29 is 4.43 Å². The first kappa shape index (κ1) is 7.69. The summed E-state index contributed by atoms with van der Waals surface area (Å²) in [5.41, 5.74) is 0. The van der Waals surface area contributed by atoms with Crippen LogP contribution in [-0.2, 0) is 4.43 Å². The highest BCUT2D eigenvalue weighted by atomic mass is 28.4. The van der Waals surface area contributed by atoms with Crippen LogP contribution in [0.15, 0.2) is 0 Å². The molecule has 1 N–H and O–H groups in total. The van der Waals surface area contributed by atoms with Gasteiger partial charge in [-0.1, -0.05) is 0 Å². The molecule has 0 amide bonds. The molecule has 48 valence electrons. The van der Waals surface area contributed by atoms with E-state index in [1.165, 1.54) is 0 Å². The Morgan fingerprint density at radius 1 is 1.38 bits per heavy atom. The lowest BCUT2D eigenvalue weighted by Gasteiger charge is -2.16. The van der Waals surface area contributed by atoms with E-state index in [1.807, 2.05) is 0 Å². The predicted octanol–water partition coefficient (Wildman–Crippen LogP) is 1.84. The molecule has 0 heterocycles. The molecule has 0 aromatic carbocycles. The molecule has 0 saturated carbocycles. The molecule has 0 atom stereocenters. The maximum atomic E-state index is 6.96. The molecule has 0 aromatic rings. The summed E-state index contributed by atoms with van der Waals surface area (Å²) in [6.07, 6.45) is 0. The second-order valence-electron chi connectivity index (χ2n) is 2.77. The zero-order chi connectivity index (χ0) is 6.78. The molecule has 0 fully saturated rings. The average molecular weight is 131 g/mol. The molecule has 0 aliphatic rings. The maximum absolute atomic E-state index is 6.96. The van der Waals surface area contributed by atoms with Gasteiger partial charge in [0.2, 0.25) is 8.32 Å². The highest BCUT2D eigenvalue weighted by Crippen LogP contribution is 2.01. The van der Waals surface area contributed by atoms with E-state index >= 15 is 0 Å². The van der Waals surface area contributed by atoms with E-state index in [0.717, 1.165) is 0 Å². The van der Waals surface area contributed by atoms with Gasteiger partial charge in [0.05, 0.1) is 0 Å². The van der Waals surface area contributed by atoms with Crippen molar-refractivity contribution in [2.75, 3.05) is 0 Å². The fourth-order valence-corrected chi connectivity index (χ4v) is 1.38. The van der Waals surface area contributed by atoms with E-state index in [9.17, 15) is 0 Å². The summed E-state index contributed by atoms with van der Waals surface area (Å²) in [4.78, 5) is 0. The maximum Gasteiger partial charge on any atom is 0.243 e. The minimum Gasteiger partial charge on any atom is -0.535 e. The Morgan fingerprint density at radius 2 is 1.75 bits per heavy atom. The normalized spacial score (nSPS) is 11.0. The van der Waals surface area contributed by atoms with Crippen LogP contribution in [0.25, 0.3) is 0 Å². The van der Waals surface area contributed by atoms with Crippen LogP contribution in [0.5, 0.6) is 0 Å². The first-order valence-corrected chi connectivity index (χ1v) is 6.07. The van der Waals surface area contributed by atoms with Gasteiger partial charge in [-0.05, 0) is 19.6 Å². The molecule has 3 heteroatoms. The smallest absolute Gasteiger partial charge is 0.243 e. The van der Waals surface area contributed by atoms with Gasteiger partial charge in [-0.2, -0.15) is 0 Å². The monoisotopic (exact) mass is 131 g/mol. The van der Waals surface area contributed by atoms with E-state index in [2.05, 4.69) is 19.6 Å². The molecule has 0 radical (unpaired) electrons. The van der Waals surface area contributed by atoms with Crippen LogP contribution in [0.1, 0.15) is 6.92 Å². The van der Waals surface area contributed by atoms with Crippen LogP contribution < -0.4 is 0 Å². The lowest BCUT2D eigenvalue weighted by Crippen LogP contribution is -2.27. The standard InChI is InChI=1S/C5H13NOSi/c1-5(6)7-8(2,3)4/h6H,1-4H3. The molecule has 0 unspecified atom stereocenters. The van der Waals surface area contributed by atoms with Crippen LogP contribution >= 0.6 is 0 Å². The number of hydrogen-bond acceptors (Lipinski definition) is 2. The van der Waals surface area contributed by atoms with Gasteiger partial charge in [-0.25, -0.2) is 0 Å². The second kappa shape index (κ2) is 2.30. The SMILES string of the molecule is CC(=N)O[Si](C)(C)C. The van der Waals surface area contributed by atoms with Gasteiger partial charge in [0.25, 0.3) is 0 Å². The minimum absolute atomic E-state index is 0.337. The molecule has 0 bridgehead atoms. The zero-order valence-electron chi connectivity index (χ0n) is 5.91. The van der Waals surface area contributed by atoms with Crippen molar-refractivity contribution in [2.45, 2.75) is 26.6 Å². The Bertz CT molecular complexity index is 95.1. The predicted molar refractivity (Wildman–Crippen MR) is 37.8 cm³/mol. The van der Waals surface area contributed by atoms with Crippen molar-refractivity contribution in [1.29, 1.82) is 5.41 Å². The van der Waals surface area contributed by atoms with Crippen molar-refractivity contribution in [3.8, 4) is 0 Å². The van der Waals surface area contributed by atoms with Gasteiger partial charge in [-0.15, -0.1) is 0 Å². The van der Waals surface area contributed by atoms with E-state index in [-0.39, 0.29) is 0 Å². The topological polar surface area (TPSA) is 33.1 Å². The average Bonchev–Trinajstić information content (AvgIpc) is 1.21. The van der Waals surface area contributed by atoms with Gasteiger partial charge in [0.1, 0.15) is 0 Å². The summed E-state index contributed by atoms with van der Waals surface area (Å²) in [5, 5.41) is 6.96. The van der Waals surface area contributed by atoms with Crippen LogP contribution in [0.4, 0.5) is 0 Å². The summed E-state index contributed by atoms with van der Waals surface area (Å²) in [7, 11) is -1.44. The number of hydrogen-bond donors (Lipinski definition) is 1. The van der Waals surface area contributed by atoms with Crippen LogP contribution in [0.2, 0.25) is 19.6 Å². The summed E-state index contributed by atoms with van der Waals surface area (Å²) < 4.78 is 5.16. The zero-order valence-corrected chi connectivity index (χ0v) is 6.91. The van der Waals surface area contributed by atoms with Crippen molar-refractivity contribution >= 4 is 14.2 Å². The lowest BCUT2D eigenvalue weighted by atomic mass is 10.8. The Kier molecular flexibility index (Phi) is 2.21. The lowest BCUT2D eigenvalue weighted by molar-refractivity contribution is 0.542. The van der Waals surface area contributed by atoms with Crippen LogP contribution in [0, 0.1) is 5.41 Å². The summed E-state index contributed by atoms with van der Waals surface area (Å²) in [6.45, 7) is 7.85. The molecule has 0 rings (SSSR count). The van der Waals surface area contributed by atoms with E-state index in [4.69, 9.17) is 9.84 Å². The Labute approximate surface area is 51.5 Å². The van der Waals surface area contributed by atoms with Gasteiger partial charge in [0.15, 0.2) is 5.90 Å². The summed E-state index contributed by atoms with van der Waals surface area (Å²) in [5.74, 6) is 0.337. The Hall–Kier alpha value is -0.313. The first-order chi connectivity index (χ1) is 3.42. The fraction of sp³-hybridized carbons (Fsp3) is 0.800. The molecule has 0 aliphatic heterocycles. The Balaban J connectivity index is 3.55. The molecule has 0 aliphatic carbocycles.